The summed E-state index contributed by atoms with van der Waals surface area (Å²) in [5.41, 5.74) is 2.22. The van der Waals surface area contributed by atoms with Crippen molar-refractivity contribution in [2.75, 3.05) is 5.84 Å². The van der Waals surface area contributed by atoms with Crippen LogP contribution in [0.4, 0.5) is 4.39 Å². The molecule has 0 unspecified atom stereocenters. The maximum absolute atomic E-state index is 14.0. The summed E-state index contributed by atoms with van der Waals surface area (Å²) in [6, 6.07) is 18.5. The number of nitrogens with two attached hydrogens (primary N) is 1. The summed E-state index contributed by atoms with van der Waals surface area (Å²) in [6.45, 7) is 0. The Labute approximate surface area is 189 Å². The third-order valence-corrected chi connectivity index (χ3v) is 5.80. The van der Waals surface area contributed by atoms with Gasteiger partial charge in [-0.25, -0.2) is 19.0 Å². The number of hydrogen-bond acceptors (Lipinski definition) is 4. The first-order valence-electron chi connectivity index (χ1n) is 9.25. The Morgan fingerprint density at radius 3 is 2.32 bits per heavy atom. The molecule has 2 N–H and O–H groups in total. The minimum absolute atomic E-state index is 0.211. The molecule has 8 heteroatoms. The number of halogens is 3. The summed E-state index contributed by atoms with van der Waals surface area (Å²) in [4.78, 5) is 22.8. The van der Waals surface area contributed by atoms with E-state index in [1.165, 1.54) is 12.1 Å². The second-order valence-corrected chi connectivity index (χ2v) is 8.32. The fourth-order valence-corrected chi connectivity index (χ4v) is 3.93. The van der Waals surface area contributed by atoms with Crippen LogP contribution < -0.4 is 11.4 Å². The number of rotatable bonds is 2. The first kappa shape index (κ1) is 19.7. The van der Waals surface area contributed by atoms with Gasteiger partial charge in [-0.05, 0) is 54.6 Å². The number of fused-ring (bicyclic) bond motifs is 3. The van der Waals surface area contributed by atoms with Crippen LogP contribution >= 0.6 is 27.5 Å². The van der Waals surface area contributed by atoms with Crippen LogP contribution in [0.25, 0.3) is 44.5 Å². The Hall–Kier alpha value is -3.29. The molecule has 5 aromatic rings. The van der Waals surface area contributed by atoms with Gasteiger partial charge in [0, 0.05) is 26.0 Å². The summed E-state index contributed by atoms with van der Waals surface area (Å²) in [5, 5.41) is 1.12. The lowest BCUT2D eigenvalue weighted by Crippen LogP contribution is -2.30. The minimum atomic E-state index is -0.494. The monoisotopic (exact) mass is 494 g/mol. The van der Waals surface area contributed by atoms with Crippen molar-refractivity contribution in [1.29, 1.82) is 0 Å². The molecule has 0 atom stereocenters. The van der Waals surface area contributed by atoms with Gasteiger partial charge in [-0.2, -0.15) is 0 Å². The van der Waals surface area contributed by atoms with Gasteiger partial charge < -0.3 is 5.84 Å². The van der Waals surface area contributed by atoms with Gasteiger partial charge in [0.15, 0.2) is 5.82 Å². The second-order valence-electron chi connectivity index (χ2n) is 6.97. The van der Waals surface area contributed by atoms with E-state index in [0.29, 0.717) is 32.7 Å². The normalized spacial score (nSPS) is 11.3. The van der Waals surface area contributed by atoms with Crippen molar-refractivity contribution in [3.05, 3.63) is 92.4 Å². The molecule has 5 nitrogen and oxygen atoms in total. The smallest absolute Gasteiger partial charge is 0.280 e. The van der Waals surface area contributed by atoms with E-state index in [9.17, 15) is 9.18 Å². The van der Waals surface area contributed by atoms with Crippen LogP contribution in [0.1, 0.15) is 0 Å². The van der Waals surface area contributed by atoms with Crippen LogP contribution in [0.15, 0.2) is 76.0 Å². The topological polar surface area (TPSA) is 73.8 Å². The summed E-state index contributed by atoms with van der Waals surface area (Å²) in [5.74, 6) is 5.92. The van der Waals surface area contributed by atoms with Gasteiger partial charge in [-0.1, -0.05) is 39.7 Å². The van der Waals surface area contributed by atoms with E-state index in [1.807, 2.05) is 24.3 Å². The van der Waals surface area contributed by atoms with Crippen molar-refractivity contribution in [3.8, 4) is 22.6 Å². The van der Waals surface area contributed by atoms with Gasteiger partial charge in [-0.3, -0.25) is 4.79 Å². The van der Waals surface area contributed by atoms with Crippen LogP contribution in [0.3, 0.4) is 0 Å². The minimum Gasteiger partial charge on any atom is -0.334 e. The molecule has 0 bridgehead atoms. The van der Waals surface area contributed by atoms with Crippen molar-refractivity contribution < 1.29 is 4.39 Å². The van der Waals surface area contributed by atoms with E-state index in [2.05, 4.69) is 15.9 Å². The zero-order chi connectivity index (χ0) is 21.7. The fraction of sp³-hybridized carbons (Fsp3) is 0. The third kappa shape index (κ3) is 3.36. The van der Waals surface area contributed by atoms with Gasteiger partial charge in [-0.15, -0.1) is 0 Å². The molecular formula is C23H13BrClFN4O. The van der Waals surface area contributed by atoms with Crippen LogP contribution in [-0.4, -0.2) is 14.6 Å². The lowest BCUT2D eigenvalue weighted by Gasteiger charge is -2.14. The molecular weight excluding hydrogens is 483 g/mol. The van der Waals surface area contributed by atoms with Crippen LogP contribution in [-0.2, 0) is 0 Å². The molecule has 0 aliphatic heterocycles. The molecule has 3 aromatic carbocycles. The number of aromatic nitrogens is 3. The van der Waals surface area contributed by atoms with Crippen LogP contribution in [0.5, 0.6) is 0 Å². The molecule has 2 heterocycles. The Morgan fingerprint density at radius 1 is 0.935 bits per heavy atom. The largest absolute Gasteiger partial charge is 0.334 e. The van der Waals surface area contributed by atoms with Crippen molar-refractivity contribution >= 4 is 49.3 Å². The number of nitrogens with zero attached hydrogens (tertiary/aromatic N) is 3. The van der Waals surface area contributed by atoms with E-state index in [4.69, 9.17) is 27.4 Å². The van der Waals surface area contributed by atoms with Crippen LogP contribution in [0, 0.1) is 5.82 Å². The highest BCUT2D eigenvalue weighted by Gasteiger charge is 2.19. The molecule has 0 spiro atoms. The maximum atomic E-state index is 14.0. The highest BCUT2D eigenvalue weighted by molar-refractivity contribution is 9.10. The van der Waals surface area contributed by atoms with E-state index >= 15 is 0 Å². The van der Waals surface area contributed by atoms with Crippen molar-refractivity contribution in [3.63, 3.8) is 0 Å². The Morgan fingerprint density at radius 2 is 1.61 bits per heavy atom. The summed E-state index contributed by atoms with van der Waals surface area (Å²) in [7, 11) is 0. The molecule has 5 rings (SSSR count). The van der Waals surface area contributed by atoms with E-state index in [-0.39, 0.29) is 11.2 Å². The maximum Gasteiger partial charge on any atom is 0.280 e. The first-order chi connectivity index (χ1) is 14.9. The quantitative estimate of drug-likeness (QED) is 0.257. The van der Waals surface area contributed by atoms with E-state index < -0.39 is 11.4 Å². The van der Waals surface area contributed by atoms with Crippen LogP contribution in [0.2, 0.25) is 5.02 Å². The Balaban J connectivity index is 1.95. The third-order valence-electron chi connectivity index (χ3n) is 5.02. The average Bonchev–Trinajstić information content (AvgIpc) is 2.76. The number of benzene rings is 3. The number of hydrogen-bond donors (Lipinski definition) is 1. The molecule has 0 aliphatic carbocycles. The Kier molecular flexibility index (Phi) is 4.72. The van der Waals surface area contributed by atoms with Gasteiger partial charge >= 0.3 is 0 Å². The predicted octanol–water partition coefficient (Wildman–Crippen LogP) is 5.55. The summed E-state index contributed by atoms with van der Waals surface area (Å²) >= 11 is 9.42. The van der Waals surface area contributed by atoms with E-state index in [1.54, 1.807) is 30.3 Å². The lowest BCUT2D eigenvalue weighted by atomic mass is 10.0. The molecule has 0 saturated carbocycles. The number of nitrogen functional groups attached to an aromatic ring is 1. The highest BCUT2D eigenvalue weighted by Crippen LogP contribution is 2.32. The molecule has 0 aliphatic rings. The lowest BCUT2D eigenvalue weighted by molar-refractivity contribution is 0.629. The summed E-state index contributed by atoms with van der Waals surface area (Å²) < 4.78 is 15.9. The average molecular weight is 496 g/mol. The van der Waals surface area contributed by atoms with Crippen molar-refractivity contribution in [1.82, 2.24) is 14.6 Å². The Bertz CT molecular complexity index is 1530. The van der Waals surface area contributed by atoms with E-state index in [0.717, 1.165) is 14.7 Å². The van der Waals surface area contributed by atoms with Crippen molar-refractivity contribution in [2.24, 2.45) is 0 Å². The predicted molar refractivity (Wildman–Crippen MR) is 125 cm³/mol. The van der Waals surface area contributed by atoms with Gasteiger partial charge in [0.25, 0.3) is 5.56 Å². The fourth-order valence-electron chi connectivity index (χ4n) is 3.54. The summed E-state index contributed by atoms with van der Waals surface area (Å²) in [6.07, 6.45) is 0. The second kappa shape index (κ2) is 7.44. The molecule has 0 saturated heterocycles. The number of pyridine rings is 1. The SMILES string of the molecule is Nn1c(-c2ccc(Cl)cc2)nc2c(-c3ccc(Br)cc3)nc3ccc(F)cc3c2c1=O. The molecule has 0 radical (unpaired) electrons. The molecule has 0 amide bonds. The first-order valence-corrected chi connectivity index (χ1v) is 10.4. The van der Waals surface area contributed by atoms with Crippen molar-refractivity contribution in [2.45, 2.75) is 0 Å². The van der Waals surface area contributed by atoms with Gasteiger partial charge in [0.1, 0.15) is 11.3 Å². The molecule has 31 heavy (non-hydrogen) atoms. The zero-order valence-electron chi connectivity index (χ0n) is 15.8. The zero-order valence-corrected chi connectivity index (χ0v) is 18.2. The highest BCUT2D eigenvalue weighted by atomic mass is 79.9. The molecule has 152 valence electrons. The molecule has 0 fully saturated rings. The van der Waals surface area contributed by atoms with Gasteiger partial charge in [0.2, 0.25) is 0 Å². The molecule has 2 aromatic heterocycles. The van der Waals surface area contributed by atoms with Gasteiger partial charge in [0.05, 0.1) is 16.6 Å². The standard InChI is InChI=1S/C23H13BrClFN4O/c24-14-5-1-12(2-6-14)20-21-19(17-11-16(26)9-10-18(17)28-20)23(31)30(27)22(29-21)13-3-7-15(25)8-4-13/h1-11H,27H2.